The summed E-state index contributed by atoms with van der Waals surface area (Å²) in [6.07, 6.45) is 0.371. The Kier molecular flexibility index (Phi) is 4.70. The number of carbonyl (C=O) groups excluding carboxylic acids is 2. The number of rotatable bonds is 5. The van der Waals surface area contributed by atoms with Crippen LogP contribution in [0.15, 0.2) is 54.6 Å². The number of nitrogens with one attached hydrogen (secondary N) is 1. The quantitative estimate of drug-likeness (QED) is 0.704. The second-order valence-corrected chi connectivity index (χ2v) is 6.62. The van der Waals surface area contributed by atoms with Gasteiger partial charge in [0.1, 0.15) is 6.04 Å². The number of primary amides is 1. The Morgan fingerprint density at radius 2 is 1.48 bits per heavy atom. The molecule has 3 aromatic carbocycles. The maximum atomic E-state index is 12.1. The van der Waals surface area contributed by atoms with Crippen molar-refractivity contribution in [3.05, 3.63) is 60.2 Å². The molecule has 3 N–H and O–H groups in total. The van der Waals surface area contributed by atoms with E-state index in [2.05, 4.69) is 23.5 Å². The van der Waals surface area contributed by atoms with Gasteiger partial charge in [-0.15, -0.1) is 0 Å². The molecule has 0 bridgehead atoms. The van der Waals surface area contributed by atoms with Crippen molar-refractivity contribution in [2.75, 3.05) is 0 Å². The third kappa shape index (κ3) is 3.48. The van der Waals surface area contributed by atoms with Crippen molar-refractivity contribution in [1.82, 2.24) is 5.32 Å². The van der Waals surface area contributed by atoms with Gasteiger partial charge in [0.05, 0.1) is 0 Å². The SMILES string of the molecule is CC(C)C(=O)N[C@@H](Cc1c2ccccc2cc2ccccc12)C(N)=O. The van der Waals surface area contributed by atoms with Crippen LogP contribution in [0.5, 0.6) is 0 Å². The summed E-state index contributed by atoms with van der Waals surface area (Å²) in [4.78, 5) is 24.0. The first-order valence-corrected chi connectivity index (χ1v) is 8.46. The number of amides is 2. The lowest BCUT2D eigenvalue weighted by molar-refractivity contribution is -0.129. The summed E-state index contributed by atoms with van der Waals surface area (Å²) in [5.74, 6) is -0.898. The van der Waals surface area contributed by atoms with E-state index in [0.29, 0.717) is 6.42 Å². The van der Waals surface area contributed by atoms with Crippen LogP contribution >= 0.6 is 0 Å². The van der Waals surface area contributed by atoms with Crippen LogP contribution in [0.3, 0.4) is 0 Å². The van der Waals surface area contributed by atoms with Crippen LogP contribution in [0.1, 0.15) is 19.4 Å². The third-order valence-electron chi connectivity index (χ3n) is 4.48. The molecule has 0 unspecified atom stereocenters. The summed E-state index contributed by atoms with van der Waals surface area (Å²) in [5, 5.41) is 7.14. The van der Waals surface area contributed by atoms with Crippen LogP contribution in [-0.2, 0) is 16.0 Å². The van der Waals surface area contributed by atoms with Gasteiger partial charge in [0.15, 0.2) is 0 Å². The first-order valence-electron chi connectivity index (χ1n) is 8.46. The van der Waals surface area contributed by atoms with Gasteiger partial charge in [0.2, 0.25) is 11.8 Å². The monoisotopic (exact) mass is 334 g/mol. The highest BCUT2D eigenvalue weighted by molar-refractivity contribution is 6.03. The van der Waals surface area contributed by atoms with E-state index in [0.717, 1.165) is 27.1 Å². The largest absolute Gasteiger partial charge is 0.368 e. The number of hydrogen-bond acceptors (Lipinski definition) is 2. The minimum atomic E-state index is -0.732. The Morgan fingerprint density at radius 3 is 1.96 bits per heavy atom. The number of carbonyl (C=O) groups is 2. The van der Waals surface area contributed by atoms with Gasteiger partial charge >= 0.3 is 0 Å². The van der Waals surface area contributed by atoms with E-state index in [9.17, 15) is 9.59 Å². The molecule has 1 atom stereocenters. The van der Waals surface area contributed by atoms with Crippen molar-refractivity contribution in [2.45, 2.75) is 26.3 Å². The lowest BCUT2D eigenvalue weighted by atomic mass is 9.92. The smallest absolute Gasteiger partial charge is 0.240 e. The fourth-order valence-electron chi connectivity index (χ4n) is 3.09. The van der Waals surface area contributed by atoms with Crippen LogP contribution in [0.25, 0.3) is 21.5 Å². The minimum absolute atomic E-state index is 0.173. The molecule has 0 aliphatic carbocycles. The van der Waals surface area contributed by atoms with Crippen molar-refractivity contribution in [3.63, 3.8) is 0 Å². The topological polar surface area (TPSA) is 72.2 Å². The van der Waals surface area contributed by atoms with E-state index in [1.807, 2.05) is 36.4 Å². The molecule has 0 spiro atoms. The van der Waals surface area contributed by atoms with Crippen molar-refractivity contribution < 1.29 is 9.59 Å². The molecule has 4 nitrogen and oxygen atoms in total. The Morgan fingerprint density at radius 1 is 0.960 bits per heavy atom. The molecule has 0 saturated heterocycles. The fourth-order valence-corrected chi connectivity index (χ4v) is 3.09. The molecule has 0 heterocycles. The van der Waals surface area contributed by atoms with Gasteiger partial charge in [0.25, 0.3) is 0 Å². The van der Waals surface area contributed by atoms with E-state index < -0.39 is 11.9 Å². The molecule has 0 fully saturated rings. The first kappa shape index (κ1) is 17.0. The van der Waals surface area contributed by atoms with Crippen LogP contribution in [0.4, 0.5) is 0 Å². The highest BCUT2D eigenvalue weighted by Gasteiger charge is 2.22. The summed E-state index contributed by atoms with van der Waals surface area (Å²) in [6.45, 7) is 3.58. The number of benzene rings is 3. The molecule has 0 aliphatic heterocycles. The van der Waals surface area contributed by atoms with Gasteiger partial charge in [0, 0.05) is 12.3 Å². The van der Waals surface area contributed by atoms with E-state index in [4.69, 9.17) is 5.73 Å². The van der Waals surface area contributed by atoms with Gasteiger partial charge in [-0.05, 0) is 33.2 Å². The average molecular weight is 334 g/mol. The Labute approximate surface area is 147 Å². The number of fused-ring (bicyclic) bond motifs is 2. The standard InChI is InChI=1S/C21H22N2O2/c1-13(2)21(25)23-19(20(22)24)12-18-16-9-5-3-7-14(16)11-15-8-4-6-10-17(15)18/h3-11,13,19H,12H2,1-2H3,(H2,22,24)(H,23,25)/t19-/m0/s1. The molecule has 4 heteroatoms. The maximum Gasteiger partial charge on any atom is 0.240 e. The van der Waals surface area contributed by atoms with Gasteiger partial charge < -0.3 is 11.1 Å². The van der Waals surface area contributed by atoms with Crippen LogP contribution in [0, 0.1) is 5.92 Å². The second-order valence-electron chi connectivity index (χ2n) is 6.62. The van der Waals surface area contributed by atoms with Crippen LogP contribution in [0.2, 0.25) is 0 Å². The third-order valence-corrected chi connectivity index (χ3v) is 4.48. The van der Waals surface area contributed by atoms with E-state index in [1.165, 1.54) is 0 Å². The van der Waals surface area contributed by atoms with Crippen LogP contribution < -0.4 is 11.1 Å². The zero-order chi connectivity index (χ0) is 18.0. The minimum Gasteiger partial charge on any atom is -0.368 e. The van der Waals surface area contributed by atoms with E-state index in [-0.39, 0.29) is 11.8 Å². The summed E-state index contributed by atoms with van der Waals surface area (Å²) >= 11 is 0. The molecule has 3 rings (SSSR count). The predicted molar refractivity (Wildman–Crippen MR) is 101 cm³/mol. The van der Waals surface area contributed by atoms with Crippen LogP contribution in [-0.4, -0.2) is 17.9 Å². The zero-order valence-corrected chi connectivity index (χ0v) is 14.5. The molecule has 0 radical (unpaired) electrons. The molecule has 2 amide bonds. The Balaban J connectivity index is 2.11. The maximum absolute atomic E-state index is 12.1. The highest BCUT2D eigenvalue weighted by atomic mass is 16.2. The Hall–Kier alpha value is -2.88. The molecule has 128 valence electrons. The molecular formula is C21H22N2O2. The molecule has 0 aliphatic rings. The Bertz CT molecular complexity index is 893. The zero-order valence-electron chi connectivity index (χ0n) is 14.5. The lowest BCUT2D eigenvalue weighted by Crippen LogP contribution is -2.47. The molecule has 3 aromatic rings. The van der Waals surface area contributed by atoms with Gasteiger partial charge in [-0.25, -0.2) is 0 Å². The normalized spacial score (nSPS) is 12.4. The van der Waals surface area contributed by atoms with E-state index in [1.54, 1.807) is 13.8 Å². The average Bonchev–Trinajstić information content (AvgIpc) is 2.60. The number of hydrogen-bond donors (Lipinski definition) is 2. The molecule has 0 saturated carbocycles. The van der Waals surface area contributed by atoms with Gasteiger partial charge in [-0.1, -0.05) is 62.4 Å². The molecule has 0 aromatic heterocycles. The summed E-state index contributed by atoms with van der Waals surface area (Å²) < 4.78 is 0. The number of nitrogens with two attached hydrogens (primary N) is 1. The lowest BCUT2D eigenvalue weighted by Gasteiger charge is -2.19. The predicted octanol–water partition coefficient (Wildman–Crippen LogP) is 3.16. The van der Waals surface area contributed by atoms with Crippen molar-refractivity contribution in [2.24, 2.45) is 11.7 Å². The van der Waals surface area contributed by atoms with Crippen molar-refractivity contribution in [1.29, 1.82) is 0 Å². The van der Waals surface area contributed by atoms with Gasteiger partial charge in [-0.3, -0.25) is 9.59 Å². The van der Waals surface area contributed by atoms with E-state index >= 15 is 0 Å². The van der Waals surface area contributed by atoms with Gasteiger partial charge in [-0.2, -0.15) is 0 Å². The van der Waals surface area contributed by atoms with Crippen molar-refractivity contribution >= 4 is 33.4 Å². The second kappa shape index (κ2) is 6.93. The fraction of sp³-hybridized carbons (Fsp3) is 0.238. The summed E-state index contributed by atoms with van der Waals surface area (Å²) in [6, 6.07) is 17.5. The summed E-state index contributed by atoms with van der Waals surface area (Å²) in [7, 11) is 0. The molecule has 25 heavy (non-hydrogen) atoms. The highest BCUT2D eigenvalue weighted by Crippen LogP contribution is 2.29. The molecular weight excluding hydrogens is 312 g/mol. The van der Waals surface area contributed by atoms with Crippen molar-refractivity contribution in [3.8, 4) is 0 Å². The first-order chi connectivity index (χ1) is 12.0. The summed E-state index contributed by atoms with van der Waals surface area (Å²) in [5.41, 5.74) is 6.60.